The zero-order chi connectivity index (χ0) is 24.6. The van der Waals surface area contributed by atoms with Gasteiger partial charge in [0.1, 0.15) is 0 Å². The van der Waals surface area contributed by atoms with Crippen LogP contribution in [0.25, 0.3) is 0 Å². The first-order valence-electron chi connectivity index (χ1n) is 9.11. The summed E-state index contributed by atoms with van der Waals surface area (Å²) in [6.07, 6.45) is -8.27. The van der Waals surface area contributed by atoms with Gasteiger partial charge >= 0.3 is 12.4 Å². The zero-order valence-corrected chi connectivity index (χ0v) is 17.9. The van der Waals surface area contributed by atoms with Crippen molar-refractivity contribution in [1.29, 1.82) is 0 Å². The average Bonchev–Trinajstić information content (AvgIpc) is 2.70. The predicted molar refractivity (Wildman–Crippen MR) is 109 cm³/mol. The standard InChI is InChI=1S/C21H13Cl2F6N3O/c22-15-5-11(20(24,25)26)8-31-17(15)4-10-2-1-3-13(19(30)33)14(10)7-18-16(23)6-12(9-32-18)21(27,28)29/h1-3,5-6,8-9H,4,7H2,(H2,30,33). The fourth-order valence-electron chi connectivity index (χ4n) is 3.09. The van der Waals surface area contributed by atoms with E-state index in [2.05, 4.69) is 9.97 Å². The molecule has 0 aliphatic rings. The molecule has 2 N–H and O–H groups in total. The van der Waals surface area contributed by atoms with E-state index in [1.54, 1.807) is 6.07 Å². The van der Waals surface area contributed by atoms with Crippen molar-refractivity contribution >= 4 is 29.1 Å². The van der Waals surface area contributed by atoms with Crippen molar-refractivity contribution in [3.63, 3.8) is 0 Å². The van der Waals surface area contributed by atoms with Gasteiger partial charge in [0.05, 0.1) is 32.6 Å². The lowest BCUT2D eigenvalue weighted by molar-refractivity contribution is -0.138. The number of nitrogens with zero attached hydrogens (tertiary/aromatic N) is 2. The van der Waals surface area contributed by atoms with Gasteiger partial charge in [0, 0.05) is 30.8 Å². The summed E-state index contributed by atoms with van der Waals surface area (Å²) in [5, 5.41) is -0.522. The summed E-state index contributed by atoms with van der Waals surface area (Å²) in [6.45, 7) is 0. The molecule has 33 heavy (non-hydrogen) atoms. The fourth-order valence-corrected chi connectivity index (χ4v) is 3.56. The van der Waals surface area contributed by atoms with Gasteiger partial charge in [0.25, 0.3) is 0 Å². The van der Waals surface area contributed by atoms with Crippen LogP contribution < -0.4 is 5.73 Å². The molecule has 0 saturated heterocycles. The van der Waals surface area contributed by atoms with E-state index in [9.17, 15) is 31.1 Å². The molecule has 0 radical (unpaired) electrons. The fraction of sp³-hybridized carbons (Fsp3) is 0.190. The maximum absolute atomic E-state index is 12.9. The number of hydrogen-bond acceptors (Lipinski definition) is 3. The molecule has 0 aliphatic heterocycles. The summed E-state index contributed by atoms with van der Waals surface area (Å²) >= 11 is 12.0. The number of alkyl halides is 6. The van der Waals surface area contributed by atoms with Crippen molar-refractivity contribution in [3.05, 3.63) is 92.0 Å². The van der Waals surface area contributed by atoms with E-state index in [-0.39, 0.29) is 45.4 Å². The number of benzene rings is 1. The van der Waals surface area contributed by atoms with E-state index in [0.29, 0.717) is 24.0 Å². The van der Waals surface area contributed by atoms with Crippen LogP contribution in [0, 0.1) is 0 Å². The van der Waals surface area contributed by atoms with E-state index in [1.165, 1.54) is 12.1 Å². The molecule has 3 aromatic rings. The number of rotatable bonds is 5. The van der Waals surface area contributed by atoms with E-state index in [0.717, 1.165) is 6.07 Å². The highest BCUT2D eigenvalue weighted by Gasteiger charge is 2.32. The Bertz CT molecular complexity index is 1210. The molecule has 12 heteroatoms. The minimum Gasteiger partial charge on any atom is -0.366 e. The first kappa shape index (κ1) is 24.8. The van der Waals surface area contributed by atoms with Gasteiger partial charge < -0.3 is 5.73 Å². The monoisotopic (exact) mass is 507 g/mol. The number of halogens is 8. The third kappa shape index (κ3) is 5.75. The second kappa shape index (κ2) is 9.18. The first-order chi connectivity index (χ1) is 15.3. The van der Waals surface area contributed by atoms with Crippen LogP contribution in [0.3, 0.4) is 0 Å². The number of hydrogen-bond donors (Lipinski definition) is 1. The van der Waals surface area contributed by atoms with Gasteiger partial charge in [-0.05, 0) is 29.3 Å². The third-order valence-electron chi connectivity index (χ3n) is 4.73. The highest BCUT2D eigenvalue weighted by atomic mass is 35.5. The van der Waals surface area contributed by atoms with Crippen LogP contribution >= 0.6 is 23.2 Å². The number of pyridine rings is 2. The van der Waals surface area contributed by atoms with Crippen LogP contribution in [0.5, 0.6) is 0 Å². The van der Waals surface area contributed by atoms with Crippen molar-refractivity contribution in [2.45, 2.75) is 25.2 Å². The Morgan fingerprint density at radius 1 is 0.848 bits per heavy atom. The molecule has 2 aromatic heterocycles. The zero-order valence-electron chi connectivity index (χ0n) is 16.4. The minimum absolute atomic E-state index is 0.0473. The van der Waals surface area contributed by atoms with Crippen LogP contribution in [0.4, 0.5) is 26.3 Å². The van der Waals surface area contributed by atoms with Gasteiger partial charge in [0.15, 0.2) is 0 Å². The lowest BCUT2D eigenvalue weighted by Crippen LogP contribution is -2.16. The lowest BCUT2D eigenvalue weighted by atomic mass is 9.93. The molecule has 3 rings (SSSR count). The largest absolute Gasteiger partial charge is 0.417 e. The average molecular weight is 508 g/mol. The quantitative estimate of drug-likeness (QED) is 0.424. The molecular weight excluding hydrogens is 495 g/mol. The SMILES string of the molecule is NC(=O)c1cccc(Cc2ncc(C(F)(F)F)cc2Cl)c1Cc1ncc(C(F)(F)F)cc1Cl. The molecule has 174 valence electrons. The van der Waals surface area contributed by atoms with E-state index < -0.39 is 29.4 Å². The molecule has 0 bridgehead atoms. The Labute approximate surface area is 193 Å². The Balaban J connectivity index is 2.02. The molecule has 0 atom stereocenters. The first-order valence-corrected chi connectivity index (χ1v) is 9.86. The molecule has 0 aliphatic carbocycles. The number of carbonyl (C=O) groups excluding carboxylic acids is 1. The van der Waals surface area contributed by atoms with Crippen LogP contribution in [-0.2, 0) is 25.2 Å². The number of aromatic nitrogens is 2. The summed E-state index contributed by atoms with van der Waals surface area (Å²) in [5.41, 5.74) is 4.27. The van der Waals surface area contributed by atoms with Crippen molar-refractivity contribution in [2.24, 2.45) is 5.73 Å². The highest BCUT2D eigenvalue weighted by molar-refractivity contribution is 6.31. The second-order valence-electron chi connectivity index (χ2n) is 6.96. The molecule has 1 amide bonds. The third-order valence-corrected chi connectivity index (χ3v) is 5.38. The Morgan fingerprint density at radius 2 is 1.33 bits per heavy atom. The summed E-state index contributed by atoms with van der Waals surface area (Å²) < 4.78 is 77.3. The van der Waals surface area contributed by atoms with Gasteiger partial charge in [-0.15, -0.1) is 0 Å². The van der Waals surface area contributed by atoms with Gasteiger partial charge in [-0.2, -0.15) is 26.3 Å². The van der Waals surface area contributed by atoms with Crippen LogP contribution in [0.2, 0.25) is 10.0 Å². The van der Waals surface area contributed by atoms with Crippen LogP contribution in [-0.4, -0.2) is 15.9 Å². The smallest absolute Gasteiger partial charge is 0.366 e. The summed E-state index contributed by atoms with van der Waals surface area (Å²) in [7, 11) is 0. The molecule has 1 aromatic carbocycles. The minimum atomic E-state index is -4.64. The van der Waals surface area contributed by atoms with Crippen molar-refractivity contribution in [1.82, 2.24) is 9.97 Å². The number of amides is 1. The van der Waals surface area contributed by atoms with Crippen molar-refractivity contribution < 1.29 is 31.1 Å². The molecular formula is C21H13Cl2F6N3O. The van der Waals surface area contributed by atoms with Gasteiger partial charge in [-0.1, -0.05) is 35.3 Å². The van der Waals surface area contributed by atoms with E-state index >= 15 is 0 Å². The lowest BCUT2D eigenvalue weighted by Gasteiger charge is -2.15. The second-order valence-corrected chi connectivity index (χ2v) is 7.78. The Morgan fingerprint density at radius 3 is 1.76 bits per heavy atom. The highest BCUT2D eigenvalue weighted by Crippen LogP contribution is 2.34. The summed E-state index contributed by atoms with van der Waals surface area (Å²) in [5.74, 6) is -0.818. The topological polar surface area (TPSA) is 68.9 Å². The van der Waals surface area contributed by atoms with E-state index in [1.807, 2.05) is 0 Å². The van der Waals surface area contributed by atoms with Gasteiger partial charge in [-0.3, -0.25) is 14.8 Å². The summed E-state index contributed by atoms with van der Waals surface area (Å²) in [4.78, 5) is 19.5. The molecule has 0 spiro atoms. The predicted octanol–water partition coefficient (Wildman–Crippen LogP) is 6.10. The number of carbonyl (C=O) groups is 1. The van der Waals surface area contributed by atoms with Gasteiger partial charge in [-0.25, -0.2) is 0 Å². The van der Waals surface area contributed by atoms with Crippen molar-refractivity contribution in [2.75, 3.05) is 0 Å². The van der Waals surface area contributed by atoms with Gasteiger partial charge in [0.2, 0.25) is 5.91 Å². The Kier molecular flexibility index (Phi) is 6.90. The summed E-state index contributed by atoms with van der Waals surface area (Å²) in [6, 6.07) is 5.91. The molecule has 2 heterocycles. The normalized spacial score (nSPS) is 12.1. The molecule has 0 fully saturated rings. The maximum Gasteiger partial charge on any atom is 0.417 e. The molecule has 0 unspecified atom stereocenters. The van der Waals surface area contributed by atoms with Crippen LogP contribution in [0.1, 0.15) is 44.0 Å². The number of nitrogens with two attached hydrogens (primary N) is 1. The van der Waals surface area contributed by atoms with Crippen LogP contribution in [0.15, 0.2) is 42.7 Å². The van der Waals surface area contributed by atoms with E-state index in [4.69, 9.17) is 28.9 Å². The van der Waals surface area contributed by atoms with Crippen molar-refractivity contribution in [3.8, 4) is 0 Å². The maximum atomic E-state index is 12.9. The Hall–Kier alpha value is -2.85. The number of primary amides is 1. The molecule has 4 nitrogen and oxygen atoms in total. The molecule has 0 saturated carbocycles.